The van der Waals surface area contributed by atoms with E-state index in [1.165, 1.54) is 30.6 Å². The lowest BCUT2D eigenvalue weighted by Crippen LogP contribution is -2.13. The molecule has 0 aliphatic heterocycles. The number of nitro groups is 1. The van der Waals surface area contributed by atoms with Crippen LogP contribution in [0.25, 0.3) is 10.2 Å². The Kier molecular flexibility index (Phi) is 4.13. The molecule has 0 atom stereocenters. The summed E-state index contributed by atoms with van der Waals surface area (Å²) in [6.45, 7) is 0. The van der Waals surface area contributed by atoms with Crippen LogP contribution in [0, 0.1) is 10.1 Å². The largest absolute Gasteiger partial charge is 0.496 e. The Morgan fingerprint density at radius 2 is 2.04 bits per heavy atom. The Bertz CT molecular complexity index is 1020. The monoisotopic (exact) mass is 343 g/mol. The number of para-hydroxylation sites is 1. The molecule has 24 heavy (non-hydrogen) atoms. The van der Waals surface area contributed by atoms with Crippen molar-refractivity contribution in [3.05, 3.63) is 62.9 Å². The molecule has 0 saturated heterocycles. The van der Waals surface area contributed by atoms with Crippen LogP contribution < -0.4 is 9.54 Å². The van der Waals surface area contributed by atoms with Crippen molar-refractivity contribution in [2.75, 3.05) is 7.11 Å². The van der Waals surface area contributed by atoms with Crippen LogP contribution in [0.4, 0.5) is 5.69 Å². The van der Waals surface area contributed by atoms with Gasteiger partial charge in [0.2, 0.25) is 0 Å². The number of ether oxygens (including phenoxy) is 1. The van der Waals surface area contributed by atoms with Crippen LogP contribution in [0.1, 0.15) is 10.4 Å². The van der Waals surface area contributed by atoms with Gasteiger partial charge >= 0.3 is 0 Å². The molecule has 0 spiro atoms. The Balaban J connectivity index is 2.11. The normalized spacial score (nSPS) is 11.7. The summed E-state index contributed by atoms with van der Waals surface area (Å²) < 4.78 is 7.60. The first-order valence-corrected chi connectivity index (χ1v) is 7.79. The second-order valence-electron chi connectivity index (χ2n) is 4.97. The lowest BCUT2D eigenvalue weighted by Gasteiger charge is -2.03. The molecular formula is C16H13N3O4S. The summed E-state index contributed by atoms with van der Waals surface area (Å²) in [6, 6.07) is 11.4. The second-order valence-corrected chi connectivity index (χ2v) is 5.98. The fraction of sp³-hybridized carbons (Fsp3) is 0.125. The molecule has 0 aliphatic carbocycles. The number of fused-ring (bicyclic) bond motifs is 1. The molecule has 0 unspecified atom stereocenters. The molecule has 3 rings (SSSR count). The number of aryl methyl sites for hydroxylation is 1. The van der Waals surface area contributed by atoms with Gasteiger partial charge in [0.05, 0.1) is 27.8 Å². The van der Waals surface area contributed by atoms with E-state index in [4.69, 9.17) is 4.74 Å². The van der Waals surface area contributed by atoms with Crippen molar-refractivity contribution in [3.63, 3.8) is 0 Å². The number of carbonyl (C=O) groups excluding carboxylic acids is 1. The SMILES string of the molecule is COc1ccccc1C(=O)N=c1sc2cc([N+](=O)[O-])ccc2n1C. The first-order valence-electron chi connectivity index (χ1n) is 6.97. The minimum atomic E-state index is -0.448. The van der Waals surface area contributed by atoms with Gasteiger partial charge in [-0.15, -0.1) is 0 Å². The van der Waals surface area contributed by atoms with E-state index in [-0.39, 0.29) is 5.69 Å². The van der Waals surface area contributed by atoms with Crippen LogP contribution in [-0.4, -0.2) is 22.5 Å². The number of nitrogens with zero attached hydrogens (tertiary/aromatic N) is 3. The second kappa shape index (κ2) is 6.25. The highest BCUT2D eigenvalue weighted by Crippen LogP contribution is 2.23. The Labute approximate surface area is 140 Å². The molecule has 0 aliphatic rings. The standard InChI is InChI=1S/C16H13N3O4S/c1-18-12-8-7-10(19(21)22)9-14(12)24-16(18)17-15(20)11-5-3-4-6-13(11)23-2/h3-9H,1-2H3. The van der Waals surface area contributed by atoms with Gasteiger partial charge in [0.25, 0.3) is 11.6 Å². The number of carbonyl (C=O) groups is 1. The van der Waals surface area contributed by atoms with E-state index in [1.54, 1.807) is 41.9 Å². The summed E-state index contributed by atoms with van der Waals surface area (Å²) in [5.74, 6) is 0.0229. The highest BCUT2D eigenvalue weighted by atomic mass is 32.1. The number of non-ortho nitro benzene ring substituents is 1. The van der Waals surface area contributed by atoms with Crippen molar-refractivity contribution >= 4 is 33.1 Å². The van der Waals surface area contributed by atoms with E-state index in [0.717, 1.165) is 5.52 Å². The molecule has 3 aromatic rings. The summed E-state index contributed by atoms with van der Waals surface area (Å²) in [5, 5.41) is 10.9. The molecule has 2 aromatic carbocycles. The van der Waals surface area contributed by atoms with Crippen LogP contribution in [0.5, 0.6) is 5.75 Å². The van der Waals surface area contributed by atoms with Gasteiger partial charge in [0, 0.05) is 19.2 Å². The summed E-state index contributed by atoms with van der Waals surface area (Å²) in [4.78, 5) is 27.5. The summed E-state index contributed by atoms with van der Waals surface area (Å²) >= 11 is 1.22. The van der Waals surface area contributed by atoms with Gasteiger partial charge in [-0.2, -0.15) is 4.99 Å². The van der Waals surface area contributed by atoms with Crippen molar-refractivity contribution in [3.8, 4) is 5.75 Å². The molecule has 0 N–H and O–H groups in total. The van der Waals surface area contributed by atoms with Gasteiger partial charge in [-0.1, -0.05) is 23.5 Å². The molecule has 1 heterocycles. The Morgan fingerprint density at radius 1 is 1.29 bits per heavy atom. The predicted molar refractivity (Wildman–Crippen MR) is 90.3 cm³/mol. The lowest BCUT2D eigenvalue weighted by molar-refractivity contribution is -0.384. The topological polar surface area (TPSA) is 86.7 Å². The highest BCUT2D eigenvalue weighted by Gasteiger charge is 2.13. The number of benzene rings is 2. The van der Waals surface area contributed by atoms with Crippen LogP contribution in [0.3, 0.4) is 0 Å². The zero-order valence-corrected chi connectivity index (χ0v) is 13.7. The number of hydrogen-bond donors (Lipinski definition) is 0. The molecule has 0 radical (unpaired) electrons. The van der Waals surface area contributed by atoms with Gasteiger partial charge in [0.15, 0.2) is 4.80 Å². The van der Waals surface area contributed by atoms with Gasteiger partial charge < -0.3 is 9.30 Å². The maximum Gasteiger partial charge on any atom is 0.283 e. The molecule has 122 valence electrons. The molecule has 0 fully saturated rings. The summed E-state index contributed by atoms with van der Waals surface area (Å²) in [5.41, 5.74) is 1.15. The van der Waals surface area contributed by atoms with Crippen molar-refractivity contribution < 1.29 is 14.5 Å². The molecule has 7 nitrogen and oxygen atoms in total. The highest BCUT2D eigenvalue weighted by molar-refractivity contribution is 7.16. The third-order valence-electron chi connectivity index (χ3n) is 3.54. The zero-order valence-electron chi connectivity index (χ0n) is 12.9. The number of thiazole rings is 1. The number of hydrogen-bond acceptors (Lipinski definition) is 5. The molecule has 1 aromatic heterocycles. The first-order chi connectivity index (χ1) is 11.5. The smallest absolute Gasteiger partial charge is 0.283 e. The van der Waals surface area contributed by atoms with E-state index in [0.29, 0.717) is 20.8 Å². The summed E-state index contributed by atoms with van der Waals surface area (Å²) in [7, 11) is 3.25. The molecule has 1 amide bonds. The molecule has 0 saturated carbocycles. The molecule has 8 heteroatoms. The van der Waals surface area contributed by atoms with E-state index < -0.39 is 10.8 Å². The number of methoxy groups -OCH3 is 1. The number of aromatic nitrogens is 1. The van der Waals surface area contributed by atoms with Crippen molar-refractivity contribution in [1.29, 1.82) is 0 Å². The predicted octanol–water partition coefficient (Wildman–Crippen LogP) is 2.90. The van der Waals surface area contributed by atoms with Crippen molar-refractivity contribution in [2.45, 2.75) is 0 Å². The van der Waals surface area contributed by atoms with Crippen molar-refractivity contribution in [1.82, 2.24) is 4.57 Å². The van der Waals surface area contributed by atoms with Crippen LogP contribution in [-0.2, 0) is 7.05 Å². The maximum atomic E-state index is 12.4. The van der Waals surface area contributed by atoms with Crippen LogP contribution in [0.15, 0.2) is 47.5 Å². The van der Waals surface area contributed by atoms with Crippen LogP contribution >= 0.6 is 11.3 Å². The average molecular weight is 343 g/mol. The van der Waals surface area contributed by atoms with Gasteiger partial charge in [-0.3, -0.25) is 14.9 Å². The van der Waals surface area contributed by atoms with E-state index in [9.17, 15) is 14.9 Å². The number of rotatable bonds is 3. The van der Waals surface area contributed by atoms with E-state index in [2.05, 4.69) is 4.99 Å². The molecule has 0 bridgehead atoms. The minimum absolute atomic E-state index is 0.00644. The van der Waals surface area contributed by atoms with E-state index >= 15 is 0 Å². The van der Waals surface area contributed by atoms with Crippen molar-refractivity contribution in [2.24, 2.45) is 12.0 Å². The number of nitro benzene ring substituents is 1. The third-order valence-corrected chi connectivity index (χ3v) is 4.63. The Hall–Kier alpha value is -3.00. The number of amides is 1. The van der Waals surface area contributed by atoms with Gasteiger partial charge in [-0.05, 0) is 18.2 Å². The summed E-state index contributed by atoms with van der Waals surface area (Å²) in [6.07, 6.45) is 0. The Morgan fingerprint density at radius 3 is 2.75 bits per heavy atom. The van der Waals surface area contributed by atoms with E-state index in [1.807, 2.05) is 0 Å². The zero-order chi connectivity index (χ0) is 17.3. The average Bonchev–Trinajstić information content (AvgIpc) is 2.90. The quantitative estimate of drug-likeness (QED) is 0.540. The minimum Gasteiger partial charge on any atom is -0.496 e. The van der Waals surface area contributed by atoms with Gasteiger partial charge in [-0.25, -0.2) is 0 Å². The van der Waals surface area contributed by atoms with Crippen LogP contribution in [0.2, 0.25) is 0 Å². The fourth-order valence-electron chi connectivity index (χ4n) is 2.31. The fourth-order valence-corrected chi connectivity index (χ4v) is 3.36. The van der Waals surface area contributed by atoms with Gasteiger partial charge in [0.1, 0.15) is 5.75 Å². The molecular weight excluding hydrogens is 330 g/mol. The third kappa shape index (κ3) is 2.79. The lowest BCUT2D eigenvalue weighted by atomic mass is 10.2. The first kappa shape index (κ1) is 15.9. The maximum absolute atomic E-state index is 12.4.